The molecule has 0 aliphatic heterocycles. The molecular weight excluding hydrogens is 434 g/mol. The van der Waals surface area contributed by atoms with Crippen molar-refractivity contribution in [3.8, 4) is 0 Å². The van der Waals surface area contributed by atoms with E-state index in [4.69, 9.17) is 55.9 Å². The van der Waals surface area contributed by atoms with Crippen LogP contribution in [-0.2, 0) is 9.47 Å². The van der Waals surface area contributed by atoms with Gasteiger partial charge in [-0.3, -0.25) is 0 Å². The van der Waals surface area contributed by atoms with Gasteiger partial charge in [-0.15, -0.1) is 23.2 Å². The highest BCUT2D eigenvalue weighted by Gasteiger charge is 2.84. The lowest BCUT2D eigenvalue weighted by molar-refractivity contribution is -0.220. The fraction of sp³-hybridized carbons (Fsp3) is 0.733. The van der Waals surface area contributed by atoms with Crippen LogP contribution in [0.25, 0.3) is 0 Å². The van der Waals surface area contributed by atoms with Gasteiger partial charge in [0.2, 0.25) is 5.79 Å². The number of alkyl halides is 3. The van der Waals surface area contributed by atoms with Gasteiger partial charge in [0, 0.05) is 19.0 Å². The summed E-state index contributed by atoms with van der Waals surface area (Å²) >= 11 is 30.9. The largest absolute Gasteiger partial charge is 0.350 e. The molecule has 0 aromatic rings. The standard InChI is InChI=1S/C15H17BrCl4O2/c1-21-15(22-2)13(19)9-6-4-3-5-8(16)7-10(9)14(15,20)12(18)11(13)17/h3,5,8-10H,4,6-7H2,1-2H3/b5-3-/t8?,9-,10+,13-,14+/m0/s1. The summed E-state index contributed by atoms with van der Waals surface area (Å²) in [7, 11) is 3.08. The molecular formula is C15H17BrCl4O2. The first-order chi connectivity index (χ1) is 10.3. The van der Waals surface area contributed by atoms with Gasteiger partial charge < -0.3 is 9.47 Å². The Kier molecular flexibility index (Phi) is 4.70. The molecule has 7 heteroatoms. The predicted molar refractivity (Wildman–Crippen MR) is 95.3 cm³/mol. The number of allylic oxidation sites excluding steroid dienone is 2. The molecule has 2 bridgehead atoms. The lowest BCUT2D eigenvalue weighted by atomic mass is 9.76. The molecule has 0 saturated heterocycles. The van der Waals surface area contributed by atoms with Crippen LogP contribution in [0.3, 0.4) is 0 Å². The van der Waals surface area contributed by atoms with E-state index in [0.29, 0.717) is 10.1 Å². The van der Waals surface area contributed by atoms with Crippen molar-refractivity contribution in [1.29, 1.82) is 0 Å². The van der Waals surface area contributed by atoms with E-state index in [1.54, 1.807) is 14.2 Å². The fourth-order valence-corrected chi connectivity index (χ4v) is 7.38. The van der Waals surface area contributed by atoms with E-state index in [0.717, 1.165) is 19.3 Å². The van der Waals surface area contributed by atoms with Crippen LogP contribution < -0.4 is 0 Å². The normalized spacial score (nSPS) is 48.0. The van der Waals surface area contributed by atoms with E-state index in [2.05, 4.69) is 28.1 Å². The number of hydrogen-bond donors (Lipinski definition) is 0. The molecule has 0 N–H and O–H groups in total. The molecule has 1 fully saturated rings. The SMILES string of the molecule is COC1(OC)[C@@]2(Cl)C(Cl)=C(Cl)[C@]1(Cl)[C@@H]1CC(Br)/C=C\CC[C@@H]12. The summed E-state index contributed by atoms with van der Waals surface area (Å²) < 4.78 is 11.5. The van der Waals surface area contributed by atoms with Crippen molar-refractivity contribution in [2.45, 2.75) is 39.6 Å². The summed E-state index contributed by atoms with van der Waals surface area (Å²) in [5.41, 5.74) is 0. The third-order valence-corrected chi connectivity index (χ3v) is 8.72. The summed E-state index contributed by atoms with van der Waals surface area (Å²) in [6, 6.07) is 0. The van der Waals surface area contributed by atoms with E-state index in [9.17, 15) is 0 Å². The van der Waals surface area contributed by atoms with Crippen molar-refractivity contribution < 1.29 is 9.47 Å². The zero-order chi connectivity index (χ0) is 16.3. The Morgan fingerprint density at radius 1 is 1.09 bits per heavy atom. The van der Waals surface area contributed by atoms with Crippen LogP contribution in [0.2, 0.25) is 0 Å². The Morgan fingerprint density at radius 2 is 1.64 bits per heavy atom. The van der Waals surface area contributed by atoms with Gasteiger partial charge in [-0.05, 0) is 31.1 Å². The highest BCUT2D eigenvalue weighted by molar-refractivity contribution is 9.09. The molecule has 0 aromatic heterocycles. The van der Waals surface area contributed by atoms with Crippen LogP contribution in [0.5, 0.6) is 0 Å². The van der Waals surface area contributed by atoms with Crippen molar-refractivity contribution in [1.82, 2.24) is 0 Å². The van der Waals surface area contributed by atoms with Gasteiger partial charge in [0.15, 0.2) is 0 Å². The van der Waals surface area contributed by atoms with Crippen molar-refractivity contribution in [3.63, 3.8) is 0 Å². The first-order valence-corrected chi connectivity index (χ1v) is 9.59. The molecule has 0 spiro atoms. The summed E-state index contributed by atoms with van der Waals surface area (Å²) in [4.78, 5) is -1.96. The van der Waals surface area contributed by atoms with Gasteiger partial charge in [0.1, 0.15) is 9.75 Å². The van der Waals surface area contributed by atoms with Gasteiger partial charge in [-0.25, -0.2) is 0 Å². The topological polar surface area (TPSA) is 18.5 Å². The quantitative estimate of drug-likeness (QED) is 0.319. The van der Waals surface area contributed by atoms with Gasteiger partial charge in [-0.1, -0.05) is 51.3 Å². The van der Waals surface area contributed by atoms with Crippen molar-refractivity contribution in [2.75, 3.05) is 14.2 Å². The minimum atomic E-state index is -1.27. The van der Waals surface area contributed by atoms with E-state index in [-0.39, 0.29) is 16.7 Å². The maximum Gasteiger partial charge on any atom is 0.217 e. The summed E-state index contributed by atoms with van der Waals surface area (Å²) in [5, 5.41) is 0.700. The highest BCUT2D eigenvalue weighted by atomic mass is 79.9. The molecule has 0 amide bonds. The van der Waals surface area contributed by atoms with Crippen molar-refractivity contribution in [3.05, 3.63) is 22.2 Å². The number of hydrogen-bond acceptors (Lipinski definition) is 2. The smallest absolute Gasteiger partial charge is 0.217 e. The third-order valence-electron chi connectivity index (χ3n) is 5.34. The summed E-state index contributed by atoms with van der Waals surface area (Å²) in [6.07, 6.45) is 6.84. The van der Waals surface area contributed by atoms with Crippen LogP contribution in [0.1, 0.15) is 19.3 Å². The van der Waals surface area contributed by atoms with Crippen LogP contribution in [-0.4, -0.2) is 34.6 Å². The summed E-state index contributed by atoms with van der Waals surface area (Å²) in [6.45, 7) is 0. The lowest BCUT2D eigenvalue weighted by Crippen LogP contribution is -2.57. The number of rotatable bonds is 2. The van der Waals surface area contributed by atoms with Crippen LogP contribution in [0.4, 0.5) is 0 Å². The highest BCUT2D eigenvalue weighted by Crippen LogP contribution is 2.75. The number of methoxy groups -OCH3 is 2. The predicted octanol–water partition coefficient (Wildman–Crippen LogP) is 5.38. The summed E-state index contributed by atoms with van der Waals surface area (Å²) in [5.74, 6) is -1.26. The van der Waals surface area contributed by atoms with Gasteiger partial charge in [0.25, 0.3) is 0 Å². The number of halogens is 5. The third kappa shape index (κ3) is 1.83. The van der Waals surface area contributed by atoms with Crippen LogP contribution in [0, 0.1) is 11.8 Å². The van der Waals surface area contributed by atoms with Crippen molar-refractivity contribution >= 4 is 62.3 Å². The molecule has 0 radical (unpaired) electrons. The second kappa shape index (κ2) is 5.79. The Labute approximate surface area is 159 Å². The molecule has 3 aliphatic carbocycles. The monoisotopic (exact) mass is 448 g/mol. The Balaban J connectivity index is 2.22. The first kappa shape index (κ1) is 17.8. The van der Waals surface area contributed by atoms with E-state index in [1.165, 1.54) is 0 Å². The maximum atomic E-state index is 7.07. The van der Waals surface area contributed by atoms with E-state index in [1.807, 2.05) is 0 Å². The van der Waals surface area contributed by atoms with Crippen LogP contribution >= 0.6 is 62.3 Å². The van der Waals surface area contributed by atoms with Gasteiger partial charge >= 0.3 is 0 Å². The minimum Gasteiger partial charge on any atom is -0.350 e. The van der Waals surface area contributed by atoms with E-state index < -0.39 is 15.5 Å². The fourth-order valence-electron chi connectivity index (χ4n) is 4.49. The Bertz CT molecular complexity index is 548. The van der Waals surface area contributed by atoms with Gasteiger partial charge in [-0.2, -0.15) is 0 Å². The first-order valence-electron chi connectivity index (χ1n) is 7.16. The molecule has 2 nitrogen and oxygen atoms in total. The van der Waals surface area contributed by atoms with Crippen LogP contribution in [0.15, 0.2) is 22.2 Å². The lowest BCUT2D eigenvalue weighted by Gasteiger charge is -2.41. The molecule has 3 rings (SSSR count). The zero-order valence-corrected chi connectivity index (χ0v) is 16.8. The molecule has 124 valence electrons. The second-order valence-electron chi connectivity index (χ2n) is 6.05. The minimum absolute atomic E-state index is 0.00380. The Morgan fingerprint density at radius 3 is 2.18 bits per heavy atom. The molecule has 1 unspecified atom stereocenters. The molecule has 1 saturated carbocycles. The number of fused-ring (bicyclic) bond motifs is 5. The average Bonchev–Trinajstić information content (AvgIpc) is 2.71. The molecule has 0 aromatic carbocycles. The molecule has 5 atom stereocenters. The maximum absolute atomic E-state index is 7.07. The molecule has 3 aliphatic rings. The second-order valence-corrected chi connectivity index (χ2v) is 9.17. The Hall–Kier alpha value is 1.04. The molecule has 22 heavy (non-hydrogen) atoms. The molecule has 0 heterocycles. The average molecular weight is 451 g/mol. The van der Waals surface area contributed by atoms with Crippen molar-refractivity contribution in [2.24, 2.45) is 11.8 Å². The van der Waals surface area contributed by atoms with E-state index >= 15 is 0 Å². The van der Waals surface area contributed by atoms with Gasteiger partial charge in [0.05, 0.1) is 10.1 Å². The number of ether oxygens (including phenoxy) is 2. The zero-order valence-electron chi connectivity index (χ0n) is 12.2.